The number of nitrogens with zero attached hydrogens (tertiary/aromatic N) is 1. The van der Waals surface area contributed by atoms with Gasteiger partial charge in [0.1, 0.15) is 0 Å². The molecule has 0 aliphatic carbocycles. The van der Waals surface area contributed by atoms with Crippen LogP contribution in [0.25, 0.3) is 0 Å². The molecule has 0 saturated carbocycles. The van der Waals surface area contributed by atoms with Crippen molar-refractivity contribution in [1.29, 1.82) is 0 Å². The lowest BCUT2D eigenvalue weighted by Gasteiger charge is -2.53. The molecule has 2 aliphatic rings. The standard InChI is InChI=1S/C17H25NO/c1-12-8-9-16-17(19)11-10-15(12)18(16)13(2)14-6-4-3-5-7-14/h3-7,12-13,15-17,19H,8-11H2,1-2H3/t12-,13+,15+,16+,17+/m0/s1. The van der Waals surface area contributed by atoms with Crippen LogP contribution in [0.15, 0.2) is 30.3 Å². The topological polar surface area (TPSA) is 23.5 Å². The molecular weight excluding hydrogens is 234 g/mol. The van der Waals surface area contributed by atoms with Crippen LogP contribution in [-0.2, 0) is 0 Å². The Bertz CT molecular complexity index is 401. The van der Waals surface area contributed by atoms with Crippen molar-refractivity contribution < 1.29 is 5.11 Å². The zero-order valence-corrected chi connectivity index (χ0v) is 12.0. The van der Waals surface area contributed by atoms with Crippen molar-refractivity contribution in [3.8, 4) is 0 Å². The van der Waals surface area contributed by atoms with Crippen LogP contribution >= 0.6 is 0 Å². The zero-order valence-electron chi connectivity index (χ0n) is 12.0. The SMILES string of the molecule is C[C@H](c1ccccc1)N1[C@@H]2CC[C@H](C)[C@H]1CC[C@H]2O. The average Bonchev–Trinajstić information content (AvgIpc) is 2.45. The number of fused-ring (bicyclic) bond motifs is 2. The molecule has 3 rings (SSSR count). The minimum atomic E-state index is -0.130. The molecule has 0 radical (unpaired) electrons. The molecule has 1 aromatic rings. The molecule has 5 atom stereocenters. The predicted octanol–water partition coefficient (Wildman–Crippen LogP) is 3.37. The average molecular weight is 259 g/mol. The van der Waals surface area contributed by atoms with E-state index in [1.807, 2.05) is 0 Å². The van der Waals surface area contributed by atoms with Gasteiger partial charge in [0.2, 0.25) is 0 Å². The number of benzene rings is 1. The van der Waals surface area contributed by atoms with E-state index in [1.54, 1.807) is 0 Å². The first kappa shape index (κ1) is 13.1. The van der Waals surface area contributed by atoms with Crippen LogP contribution in [0, 0.1) is 5.92 Å². The van der Waals surface area contributed by atoms with E-state index in [2.05, 4.69) is 49.1 Å². The van der Waals surface area contributed by atoms with Gasteiger partial charge in [-0.15, -0.1) is 0 Å². The molecular formula is C17H25NO. The molecule has 104 valence electrons. The van der Waals surface area contributed by atoms with E-state index in [0.29, 0.717) is 18.1 Å². The van der Waals surface area contributed by atoms with Crippen molar-refractivity contribution >= 4 is 0 Å². The van der Waals surface area contributed by atoms with E-state index in [1.165, 1.54) is 12.0 Å². The van der Waals surface area contributed by atoms with Gasteiger partial charge in [-0.25, -0.2) is 0 Å². The number of aliphatic hydroxyl groups excluding tert-OH is 1. The summed E-state index contributed by atoms with van der Waals surface area (Å²) in [6.07, 6.45) is 4.42. The van der Waals surface area contributed by atoms with E-state index in [-0.39, 0.29) is 6.10 Å². The number of hydrogen-bond donors (Lipinski definition) is 1. The third-order valence-corrected chi connectivity index (χ3v) is 5.27. The number of rotatable bonds is 2. The first-order valence-corrected chi connectivity index (χ1v) is 7.69. The summed E-state index contributed by atoms with van der Waals surface area (Å²) in [7, 11) is 0. The van der Waals surface area contributed by atoms with Crippen LogP contribution < -0.4 is 0 Å². The van der Waals surface area contributed by atoms with Gasteiger partial charge in [-0.05, 0) is 44.1 Å². The summed E-state index contributed by atoms with van der Waals surface area (Å²) in [6.45, 7) is 4.68. The zero-order chi connectivity index (χ0) is 13.4. The van der Waals surface area contributed by atoms with E-state index >= 15 is 0 Å². The van der Waals surface area contributed by atoms with Gasteiger partial charge in [-0.1, -0.05) is 37.3 Å². The monoisotopic (exact) mass is 259 g/mol. The number of piperidine rings is 2. The van der Waals surface area contributed by atoms with Gasteiger partial charge < -0.3 is 5.11 Å². The van der Waals surface area contributed by atoms with Gasteiger partial charge in [0.15, 0.2) is 0 Å². The van der Waals surface area contributed by atoms with Crippen LogP contribution in [0.2, 0.25) is 0 Å². The fraction of sp³-hybridized carbons (Fsp3) is 0.647. The summed E-state index contributed by atoms with van der Waals surface area (Å²) in [6, 6.07) is 12.2. The molecule has 2 aliphatic heterocycles. The normalized spacial score (nSPS) is 37.0. The lowest BCUT2D eigenvalue weighted by molar-refractivity contribution is -0.0874. The highest BCUT2D eigenvalue weighted by molar-refractivity contribution is 5.19. The van der Waals surface area contributed by atoms with E-state index in [0.717, 1.165) is 25.2 Å². The first-order chi connectivity index (χ1) is 9.18. The maximum atomic E-state index is 10.3. The Labute approximate surface area is 116 Å². The molecule has 2 bridgehead atoms. The lowest BCUT2D eigenvalue weighted by Crippen LogP contribution is -2.59. The second-order valence-corrected chi connectivity index (χ2v) is 6.37. The summed E-state index contributed by atoms with van der Waals surface area (Å²) < 4.78 is 0. The second-order valence-electron chi connectivity index (χ2n) is 6.37. The van der Waals surface area contributed by atoms with Crippen molar-refractivity contribution in [2.75, 3.05) is 0 Å². The third kappa shape index (κ3) is 2.32. The molecule has 0 spiro atoms. The highest BCUT2D eigenvalue weighted by atomic mass is 16.3. The smallest absolute Gasteiger partial charge is 0.0696 e. The molecule has 1 N–H and O–H groups in total. The first-order valence-electron chi connectivity index (χ1n) is 7.69. The molecule has 0 aromatic heterocycles. The lowest BCUT2D eigenvalue weighted by atomic mass is 9.76. The molecule has 0 unspecified atom stereocenters. The number of hydrogen-bond acceptors (Lipinski definition) is 2. The van der Waals surface area contributed by atoms with Gasteiger partial charge >= 0.3 is 0 Å². The minimum absolute atomic E-state index is 0.130. The van der Waals surface area contributed by atoms with Gasteiger partial charge in [0, 0.05) is 18.1 Å². The maximum Gasteiger partial charge on any atom is 0.0696 e. The van der Waals surface area contributed by atoms with Gasteiger partial charge in [-0.3, -0.25) is 4.90 Å². The summed E-state index contributed by atoms with van der Waals surface area (Å²) in [4.78, 5) is 2.61. The van der Waals surface area contributed by atoms with Crippen molar-refractivity contribution in [1.82, 2.24) is 4.90 Å². The highest BCUT2D eigenvalue weighted by Crippen LogP contribution is 2.42. The Morgan fingerprint density at radius 3 is 2.47 bits per heavy atom. The molecule has 0 amide bonds. The Kier molecular flexibility index (Phi) is 3.64. The van der Waals surface area contributed by atoms with Crippen molar-refractivity contribution in [3.63, 3.8) is 0 Å². The molecule has 19 heavy (non-hydrogen) atoms. The van der Waals surface area contributed by atoms with Gasteiger partial charge in [-0.2, -0.15) is 0 Å². The molecule has 2 heterocycles. The fourth-order valence-corrected chi connectivity index (χ4v) is 4.15. The summed E-state index contributed by atoms with van der Waals surface area (Å²) in [5, 5.41) is 10.3. The largest absolute Gasteiger partial charge is 0.391 e. The predicted molar refractivity (Wildman–Crippen MR) is 77.9 cm³/mol. The fourth-order valence-electron chi connectivity index (χ4n) is 4.15. The van der Waals surface area contributed by atoms with Crippen LogP contribution in [0.1, 0.15) is 51.1 Å². The van der Waals surface area contributed by atoms with E-state index < -0.39 is 0 Å². The van der Waals surface area contributed by atoms with Crippen molar-refractivity contribution in [2.45, 2.75) is 63.8 Å². The van der Waals surface area contributed by atoms with Crippen LogP contribution in [0.5, 0.6) is 0 Å². The Morgan fingerprint density at radius 2 is 1.74 bits per heavy atom. The molecule has 2 saturated heterocycles. The highest BCUT2D eigenvalue weighted by Gasteiger charge is 2.44. The third-order valence-electron chi connectivity index (χ3n) is 5.27. The van der Waals surface area contributed by atoms with E-state index in [9.17, 15) is 5.11 Å². The van der Waals surface area contributed by atoms with Gasteiger partial charge in [0.25, 0.3) is 0 Å². The summed E-state index contributed by atoms with van der Waals surface area (Å²) in [5.41, 5.74) is 1.38. The van der Waals surface area contributed by atoms with E-state index in [4.69, 9.17) is 0 Å². The van der Waals surface area contributed by atoms with Crippen LogP contribution in [0.4, 0.5) is 0 Å². The molecule has 2 heteroatoms. The van der Waals surface area contributed by atoms with Crippen molar-refractivity contribution in [3.05, 3.63) is 35.9 Å². The summed E-state index contributed by atoms with van der Waals surface area (Å²) in [5.74, 6) is 0.759. The minimum Gasteiger partial charge on any atom is -0.391 e. The van der Waals surface area contributed by atoms with Gasteiger partial charge in [0.05, 0.1) is 6.10 Å². The molecule has 2 fully saturated rings. The Morgan fingerprint density at radius 1 is 1.05 bits per heavy atom. The second kappa shape index (κ2) is 5.26. The quantitative estimate of drug-likeness (QED) is 0.880. The van der Waals surface area contributed by atoms with Crippen LogP contribution in [-0.4, -0.2) is 28.2 Å². The van der Waals surface area contributed by atoms with Crippen molar-refractivity contribution in [2.24, 2.45) is 5.92 Å². The Hall–Kier alpha value is -0.860. The maximum absolute atomic E-state index is 10.3. The molecule has 2 nitrogen and oxygen atoms in total. The van der Waals surface area contributed by atoms with Crippen LogP contribution in [0.3, 0.4) is 0 Å². The molecule has 1 aromatic carbocycles. The summed E-state index contributed by atoms with van der Waals surface area (Å²) >= 11 is 0. The number of aliphatic hydroxyl groups is 1. The Balaban J connectivity index is 1.89.